The van der Waals surface area contributed by atoms with Crippen molar-refractivity contribution in [1.82, 2.24) is 4.98 Å². The molecule has 2 nitrogen and oxygen atoms in total. The van der Waals surface area contributed by atoms with Gasteiger partial charge in [0.2, 0.25) is 0 Å². The average Bonchev–Trinajstić information content (AvgIpc) is 1.77. The van der Waals surface area contributed by atoms with Crippen LogP contribution in [0, 0.1) is 5.82 Å². The summed E-state index contributed by atoms with van der Waals surface area (Å²) in [6, 6.07) is 1.22. The zero-order chi connectivity index (χ0) is 5.98. The zero-order valence-corrected chi connectivity index (χ0v) is 6.58. The minimum absolute atomic E-state index is 0. The van der Waals surface area contributed by atoms with Crippen LogP contribution in [0.3, 0.4) is 0 Å². The van der Waals surface area contributed by atoms with Gasteiger partial charge in [-0.05, 0) is 6.07 Å². The molecule has 0 aliphatic rings. The molecule has 0 amide bonds. The number of halogens is 3. The maximum absolute atomic E-state index is 12.2. The molecule has 0 bridgehead atoms. The molecule has 5 heteroatoms. The molecule has 0 unspecified atom stereocenters. The van der Waals surface area contributed by atoms with Crippen molar-refractivity contribution in [2.45, 2.75) is 0 Å². The van der Waals surface area contributed by atoms with Crippen LogP contribution in [0.4, 0.5) is 10.1 Å². The van der Waals surface area contributed by atoms with Crippen LogP contribution in [0.15, 0.2) is 18.5 Å². The van der Waals surface area contributed by atoms with Crippen molar-refractivity contribution in [3.63, 3.8) is 0 Å². The number of anilines is 1. The van der Waals surface area contributed by atoms with Crippen molar-refractivity contribution >= 4 is 30.5 Å². The van der Waals surface area contributed by atoms with Crippen molar-refractivity contribution in [2.75, 3.05) is 5.73 Å². The van der Waals surface area contributed by atoms with Crippen LogP contribution in [-0.4, -0.2) is 4.98 Å². The summed E-state index contributed by atoms with van der Waals surface area (Å²) < 4.78 is 12.2. The van der Waals surface area contributed by atoms with Crippen molar-refractivity contribution in [3.05, 3.63) is 24.3 Å². The van der Waals surface area contributed by atoms with Crippen molar-refractivity contribution in [1.29, 1.82) is 0 Å². The topological polar surface area (TPSA) is 38.9 Å². The summed E-state index contributed by atoms with van der Waals surface area (Å²) in [5.74, 6) is -0.417. The number of hydrogen-bond donors (Lipinski definition) is 1. The Morgan fingerprint density at radius 1 is 1.40 bits per heavy atom. The number of nitrogen functional groups attached to an aromatic ring is 1. The first kappa shape index (κ1) is 12.2. The Morgan fingerprint density at radius 2 is 2.00 bits per heavy atom. The second-order valence-corrected chi connectivity index (χ2v) is 1.40. The lowest BCUT2D eigenvalue weighted by molar-refractivity contribution is 0.630. The summed E-state index contributed by atoms with van der Waals surface area (Å²) in [4.78, 5) is 3.58. The molecule has 1 rings (SSSR count). The van der Waals surface area contributed by atoms with E-state index >= 15 is 0 Å². The van der Waals surface area contributed by atoms with E-state index in [0.29, 0.717) is 0 Å². The lowest BCUT2D eigenvalue weighted by Crippen LogP contribution is -1.89. The van der Waals surface area contributed by atoms with Crippen molar-refractivity contribution in [2.24, 2.45) is 0 Å². The van der Waals surface area contributed by atoms with Gasteiger partial charge in [-0.15, -0.1) is 24.8 Å². The monoisotopic (exact) mass is 184 g/mol. The van der Waals surface area contributed by atoms with Crippen LogP contribution in [0.25, 0.3) is 0 Å². The Kier molecular flexibility index (Phi) is 6.40. The van der Waals surface area contributed by atoms with E-state index in [1.54, 1.807) is 0 Å². The number of nitrogens with two attached hydrogens (primary N) is 1. The van der Waals surface area contributed by atoms with Gasteiger partial charge in [-0.1, -0.05) is 0 Å². The Hall–Kier alpha value is -0.540. The molecule has 58 valence electrons. The molecule has 0 aromatic carbocycles. The molecule has 0 spiro atoms. The van der Waals surface area contributed by atoms with Crippen LogP contribution in [0.5, 0.6) is 0 Å². The summed E-state index contributed by atoms with van der Waals surface area (Å²) in [6.45, 7) is 0. The van der Waals surface area contributed by atoms with E-state index in [1.165, 1.54) is 18.5 Å². The van der Waals surface area contributed by atoms with Crippen LogP contribution < -0.4 is 5.73 Å². The van der Waals surface area contributed by atoms with Gasteiger partial charge >= 0.3 is 0 Å². The third kappa shape index (κ3) is 2.85. The summed E-state index contributed by atoms with van der Waals surface area (Å²) in [5, 5.41) is 0. The van der Waals surface area contributed by atoms with Gasteiger partial charge in [0.05, 0.1) is 11.9 Å². The zero-order valence-electron chi connectivity index (χ0n) is 4.95. The van der Waals surface area contributed by atoms with E-state index in [9.17, 15) is 4.39 Å². The molecule has 1 aromatic rings. The largest absolute Gasteiger partial charge is 0.395 e. The predicted molar refractivity (Wildman–Crippen MR) is 43.1 cm³/mol. The predicted octanol–water partition coefficient (Wildman–Crippen LogP) is 1.65. The maximum Gasteiger partial charge on any atom is 0.149 e. The molecular weight excluding hydrogens is 178 g/mol. The van der Waals surface area contributed by atoms with Gasteiger partial charge in [0.1, 0.15) is 5.82 Å². The number of aromatic nitrogens is 1. The highest BCUT2D eigenvalue weighted by Crippen LogP contribution is 2.03. The molecule has 1 heterocycles. The van der Waals surface area contributed by atoms with E-state index in [2.05, 4.69) is 4.98 Å². The Morgan fingerprint density at radius 3 is 2.30 bits per heavy atom. The average molecular weight is 185 g/mol. The van der Waals surface area contributed by atoms with Gasteiger partial charge in [-0.2, -0.15) is 0 Å². The van der Waals surface area contributed by atoms with E-state index in [0.717, 1.165) is 0 Å². The molecule has 10 heavy (non-hydrogen) atoms. The van der Waals surface area contributed by atoms with Crippen LogP contribution >= 0.6 is 24.8 Å². The Balaban J connectivity index is 0. The van der Waals surface area contributed by atoms with E-state index < -0.39 is 5.82 Å². The van der Waals surface area contributed by atoms with Crippen molar-refractivity contribution < 1.29 is 4.39 Å². The van der Waals surface area contributed by atoms with E-state index in [4.69, 9.17) is 5.73 Å². The SMILES string of the molecule is Cl.Cl.Nc1cnccc1F. The molecule has 0 saturated carbocycles. The standard InChI is InChI=1S/C5H5FN2.2ClH/c6-4-1-2-8-3-5(4)7;;/h1-3H,7H2;2*1H. The smallest absolute Gasteiger partial charge is 0.149 e. The van der Waals surface area contributed by atoms with Crippen LogP contribution in [0.1, 0.15) is 0 Å². The summed E-state index contributed by atoms with van der Waals surface area (Å²) >= 11 is 0. The van der Waals surface area contributed by atoms with E-state index in [-0.39, 0.29) is 30.5 Å². The highest BCUT2D eigenvalue weighted by atomic mass is 35.5. The lowest BCUT2D eigenvalue weighted by atomic mass is 10.4. The van der Waals surface area contributed by atoms with Gasteiger partial charge < -0.3 is 5.73 Å². The molecule has 0 radical (unpaired) electrons. The fourth-order valence-corrected chi connectivity index (χ4v) is 0.390. The van der Waals surface area contributed by atoms with Gasteiger partial charge in [0.25, 0.3) is 0 Å². The Labute approximate surface area is 70.5 Å². The van der Waals surface area contributed by atoms with Gasteiger partial charge in [-0.25, -0.2) is 4.39 Å². The molecule has 0 aliphatic carbocycles. The second-order valence-electron chi connectivity index (χ2n) is 1.40. The molecule has 0 aliphatic heterocycles. The quantitative estimate of drug-likeness (QED) is 0.667. The van der Waals surface area contributed by atoms with Crippen LogP contribution in [0.2, 0.25) is 0 Å². The highest BCUT2D eigenvalue weighted by molar-refractivity contribution is 5.85. The molecule has 0 fully saturated rings. The van der Waals surface area contributed by atoms with Crippen LogP contribution in [-0.2, 0) is 0 Å². The minimum atomic E-state index is -0.417. The van der Waals surface area contributed by atoms with Gasteiger partial charge in [-0.3, -0.25) is 4.98 Å². The summed E-state index contributed by atoms with van der Waals surface area (Å²) in [6.07, 6.45) is 2.63. The first-order valence-electron chi connectivity index (χ1n) is 2.15. The molecular formula is C5H7Cl2FN2. The number of nitrogens with zero attached hydrogens (tertiary/aromatic N) is 1. The fourth-order valence-electron chi connectivity index (χ4n) is 0.390. The number of hydrogen-bond acceptors (Lipinski definition) is 2. The number of rotatable bonds is 0. The second kappa shape index (κ2) is 5.26. The first-order chi connectivity index (χ1) is 3.80. The first-order valence-corrected chi connectivity index (χ1v) is 2.15. The third-order valence-corrected chi connectivity index (χ3v) is 0.796. The van der Waals surface area contributed by atoms with E-state index in [1.807, 2.05) is 0 Å². The summed E-state index contributed by atoms with van der Waals surface area (Å²) in [5.41, 5.74) is 5.17. The molecule has 2 N–H and O–H groups in total. The molecule has 1 aromatic heterocycles. The highest BCUT2D eigenvalue weighted by Gasteiger charge is 1.90. The normalized spacial score (nSPS) is 7.30. The molecule has 0 saturated heterocycles. The van der Waals surface area contributed by atoms with Crippen molar-refractivity contribution in [3.8, 4) is 0 Å². The minimum Gasteiger partial charge on any atom is -0.395 e. The fraction of sp³-hybridized carbons (Fsp3) is 0. The Bertz CT molecular complexity index is 174. The summed E-state index contributed by atoms with van der Waals surface area (Å²) in [7, 11) is 0. The lowest BCUT2D eigenvalue weighted by Gasteiger charge is -1.89. The molecule has 0 atom stereocenters. The third-order valence-electron chi connectivity index (χ3n) is 0.796. The van der Waals surface area contributed by atoms with Gasteiger partial charge in [0.15, 0.2) is 0 Å². The number of pyridine rings is 1. The van der Waals surface area contributed by atoms with Gasteiger partial charge in [0, 0.05) is 6.20 Å². The maximum atomic E-state index is 12.2.